The Hall–Kier alpha value is -2.39. The number of para-hydroxylation sites is 1. The molecule has 2 aromatic carbocycles. The molecule has 0 unspecified atom stereocenters. The lowest BCUT2D eigenvalue weighted by molar-refractivity contribution is -0.121. The number of nitrogens with zero attached hydrogens (tertiary/aromatic N) is 1. The van der Waals surface area contributed by atoms with Crippen LogP contribution >= 0.6 is 15.2 Å². The van der Waals surface area contributed by atoms with Crippen LogP contribution in [0.15, 0.2) is 48.5 Å². The van der Waals surface area contributed by atoms with E-state index in [4.69, 9.17) is 22.8 Å². The zero-order chi connectivity index (χ0) is 31.3. The molecule has 0 aromatic heterocycles. The summed E-state index contributed by atoms with van der Waals surface area (Å²) in [5, 5.41) is -1.61. The molecule has 0 fully saturated rings. The van der Waals surface area contributed by atoms with Crippen LogP contribution in [0.5, 0.6) is 0 Å². The van der Waals surface area contributed by atoms with E-state index in [1.54, 1.807) is 72.7 Å². The summed E-state index contributed by atoms with van der Waals surface area (Å²) in [6.07, 6.45) is -1.42. The maximum absolute atomic E-state index is 14.7. The Morgan fingerprint density at radius 3 is 1.79 bits per heavy atom. The smallest absolute Gasteiger partial charge is 0.421 e. The van der Waals surface area contributed by atoms with Crippen LogP contribution in [-0.4, -0.2) is 49.4 Å². The Morgan fingerprint density at radius 1 is 0.857 bits per heavy atom. The molecule has 0 radical (unpaired) electrons. The highest BCUT2D eigenvalue weighted by Gasteiger charge is 2.62. The van der Waals surface area contributed by atoms with E-state index in [-0.39, 0.29) is 37.7 Å². The van der Waals surface area contributed by atoms with Gasteiger partial charge in [-0.2, -0.15) is 0 Å². The van der Waals surface area contributed by atoms with Crippen LogP contribution < -0.4 is 4.90 Å². The second-order valence-electron chi connectivity index (χ2n) is 10.5. The van der Waals surface area contributed by atoms with Crippen molar-refractivity contribution in [1.29, 1.82) is 0 Å². The average molecular weight is 628 g/mol. The van der Waals surface area contributed by atoms with Gasteiger partial charge in [0.15, 0.2) is 5.40 Å². The number of rotatable bonds is 13. The molecular weight excluding hydrogens is 587 g/mol. The molecule has 0 spiro atoms. The molecule has 13 heteroatoms. The molecule has 1 aliphatic heterocycles. The van der Waals surface area contributed by atoms with Gasteiger partial charge in [-0.3, -0.25) is 13.9 Å². The fourth-order valence-corrected chi connectivity index (χ4v) is 10.5. The molecule has 0 N–H and O–H groups in total. The minimum absolute atomic E-state index is 0.0653. The number of ether oxygens (including phenoxy) is 1. The number of hydrogen-bond acceptors (Lipinski definition) is 9. The van der Waals surface area contributed by atoms with E-state index in [1.165, 1.54) is 24.3 Å². The Morgan fingerprint density at radius 2 is 1.33 bits per heavy atom. The van der Waals surface area contributed by atoms with Crippen molar-refractivity contribution in [3.05, 3.63) is 65.5 Å². The van der Waals surface area contributed by atoms with Crippen LogP contribution in [0.2, 0.25) is 0 Å². The molecule has 1 atom stereocenters. The lowest BCUT2D eigenvalue weighted by Gasteiger charge is -2.37. The largest absolute Gasteiger partial charge is 0.443 e. The average Bonchev–Trinajstić information content (AvgIpc) is 3.15. The number of anilines is 1. The van der Waals surface area contributed by atoms with E-state index < -0.39 is 55.8 Å². The summed E-state index contributed by atoms with van der Waals surface area (Å²) in [5.41, 5.74) is -1.95. The van der Waals surface area contributed by atoms with Crippen LogP contribution in [0.25, 0.3) is 0 Å². The number of hydrogen-bond donors (Lipinski definition) is 0. The number of imide groups is 1. The van der Waals surface area contributed by atoms with Crippen LogP contribution in [0.3, 0.4) is 0 Å². The summed E-state index contributed by atoms with van der Waals surface area (Å²) >= 11 is 0. The SMILES string of the molecule is CCOP(=O)(OCC)C(C[C@]1(c2ccc(F)cc2)C(=O)N(C(=O)OC(C)(C)C)c2ccccc21)P(=O)(OCC)OCC. The van der Waals surface area contributed by atoms with Crippen LogP contribution in [-0.2, 0) is 42.2 Å². The number of amides is 2. The van der Waals surface area contributed by atoms with Gasteiger partial charge in [0.2, 0.25) is 0 Å². The lowest BCUT2D eigenvalue weighted by Crippen LogP contribution is -2.47. The second-order valence-corrected chi connectivity index (χ2v) is 15.3. The van der Waals surface area contributed by atoms with E-state index in [1.807, 2.05) is 0 Å². The standard InChI is InChI=1S/C29H40FNO9P2/c1-8-36-41(34,37-9-2)25(42(35,38-10-3)39-11-4)20-29(21-16-18-22(30)19-17-21)23-14-12-13-15-24(23)31(26(29)32)27(33)40-28(5,6)7/h12-19,25H,8-11,20H2,1-7H3/t29-/m1/s1. The third-order valence-corrected chi connectivity index (χ3v) is 12.5. The molecule has 0 aliphatic carbocycles. The Labute approximate surface area is 246 Å². The summed E-state index contributed by atoms with van der Waals surface area (Å²) in [5.74, 6) is -1.33. The van der Waals surface area contributed by atoms with Gasteiger partial charge in [-0.1, -0.05) is 30.3 Å². The topological polar surface area (TPSA) is 118 Å². The number of carbonyl (C=O) groups is 2. The molecule has 2 aromatic rings. The fourth-order valence-electron chi connectivity index (χ4n) is 5.07. The third-order valence-electron chi connectivity index (χ3n) is 6.54. The van der Waals surface area contributed by atoms with Gasteiger partial charge in [0, 0.05) is 0 Å². The predicted octanol–water partition coefficient (Wildman–Crippen LogP) is 7.64. The van der Waals surface area contributed by atoms with Crippen molar-refractivity contribution in [3.8, 4) is 0 Å². The normalized spacial score (nSPS) is 17.5. The van der Waals surface area contributed by atoms with Gasteiger partial charge in [0.05, 0.1) is 32.1 Å². The van der Waals surface area contributed by atoms with E-state index in [9.17, 15) is 23.1 Å². The first kappa shape index (κ1) is 34.1. The minimum atomic E-state index is -4.32. The monoisotopic (exact) mass is 627 g/mol. The van der Waals surface area contributed by atoms with Gasteiger partial charge in [0.1, 0.15) is 16.8 Å². The summed E-state index contributed by atoms with van der Waals surface area (Å²) in [6, 6.07) is 11.7. The van der Waals surface area contributed by atoms with Crippen molar-refractivity contribution >= 4 is 32.9 Å². The molecular formula is C29H40FNO9P2. The maximum Gasteiger partial charge on any atom is 0.421 e. The Kier molecular flexibility index (Phi) is 11.0. The first-order valence-electron chi connectivity index (χ1n) is 13.9. The number of fused-ring (bicyclic) bond motifs is 1. The van der Waals surface area contributed by atoms with Gasteiger partial charge in [-0.25, -0.2) is 14.1 Å². The highest BCUT2D eigenvalue weighted by atomic mass is 31.2. The number of halogens is 1. The predicted molar refractivity (Wildman–Crippen MR) is 157 cm³/mol. The Balaban J connectivity index is 2.40. The zero-order valence-corrected chi connectivity index (χ0v) is 26.9. The van der Waals surface area contributed by atoms with Crippen molar-refractivity contribution in [3.63, 3.8) is 0 Å². The third kappa shape index (κ3) is 6.72. The number of carbonyl (C=O) groups excluding carboxylic acids is 2. The zero-order valence-electron chi connectivity index (χ0n) is 25.1. The molecule has 232 valence electrons. The molecule has 3 rings (SSSR count). The van der Waals surface area contributed by atoms with E-state index in [0.29, 0.717) is 5.56 Å². The summed E-state index contributed by atoms with van der Waals surface area (Å²) < 4.78 is 71.4. The highest BCUT2D eigenvalue weighted by molar-refractivity contribution is 7.72. The molecule has 0 bridgehead atoms. The van der Waals surface area contributed by atoms with Gasteiger partial charge in [0.25, 0.3) is 5.91 Å². The van der Waals surface area contributed by atoms with Gasteiger partial charge >= 0.3 is 21.3 Å². The molecule has 10 nitrogen and oxygen atoms in total. The second kappa shape index (κ2) is 13.5. The van der Waals surface area contributed by atoms with E-state index in [0.717, 1.165) is 4.90 Å². The van der Waals surface area contributed by atoms with Crippen LogP contribution in [0, 0.1) is 5.82 Å². The van der Waals surface area contributed by atoms with Crippen LogP contribution in [0.4, 0.5) is 14.9 Å². The minimum Gasteiger partial charge on any atom is -0.443 e. The summed E-state index contributed by atoms with van der Waals surface area (Å²) in [7, 11) is -8.65. The van der Waals surface area contributed by atoms with Gasteiger partial charge < -0.3 is 22.8 Å². The summed E-state index contributed by atoms with van der Waals surface area (Å²) in [6.45, 7) is 11.2. The lowest BCUT2D eigenvalue weighted by atomic mass is 9.73. The first-order chi connectivity index (χ1) is 19.7. The maximum atomic E-state index is 14.7. The fraction of sp³-hybridized carbons (Fsp3) is 0.517. The number of benzene rings is 2. The quantitative estimate of drug-likeness (QED) is 0.207. The molecule has 1 aliphatic rings. The van der Waals surface area contributed by atoms with Crippen LogP contribution in [0.1, 0.15) is 66.0 Å². The first-order valence-corrected chi connectivity index (χ1v) is 17.2. The molecule has 42 heavy (non-hydrogen) atoms. The van der Waals surface area contributed by atoms with Crippen molar-refractivity contribution in [2.45, 2.75) is 71.3 Å². The Bertz CT molecular complexity index is 1310. The highest BCUT2D eigenvalue weighted by Crippen LogP contribution is 2.73. The van der Waals surface area contributed by atoms with Gasteiger partial charge in [-0.15, -0.1) is 0 Å². The summed E-state index contributed by atoms with van der Waals surface area (Å²) in [4.78, 5) is 29.1. The van der Waals surface area contributed by atoms with Crippen molar-refractivity contribution < 1.29 is 45.9 Å². The molecule has 0 saturated heterocycles. The molecule has 0 saturated carbocycles. The van der Waals surface area contributed by atoms with Gasteiger partial charge in [-0.05, 0) is 84.2 Å². The molecule has 1 heterocycles. The van der Waals surface area contributed by atoms with Crippen molar-refractivity contribution in [2.75, 3.05) is 31.3 Å². The van der Waals surface area contributed by atoms with E-state index >= 15 is 0 Å². The van der Waals surface area contributed by atoms with Crippen molar-refractivity contribution in [1.82, 2.24) is 0 Å². The van der Waals surface area contributed by atoms with Crippen molar-refractivity contribution in [2.24, 2.45) is 0 Å². The van der Waals surface area contributed by atoms with E-state index in [2.05, 4.69) is 0 Å². The molecule has 2 amide bonds.